The van der Waals surface area contributed by atoms with E-state index >= 15 is 0 Å². The number of nitrogens with zero attached hydrogens (tertiary/aromatic N) is 2. The summed E-state index contributed by atoms with van der Waals surface area (Å²) in [6, 6.07) is 1.96. The molecule has 2 rings (SSSR count). The van der Waals surface area contributed by atoms with E-state index in [9.17, 15) is 4.79 Å². The van der Waals surface area contributed by atoms with Crippen LogP contribution in [0.3, 0.4) is 0 Å². The molecule has 0 spiro atoms. The van der Waals surface area contributed by atoms with Crippen molar-refractivity contribution < 1.29 is 9.53 Å². The Balaban J connectivity index is 2.24. The predicted octanol–water partition coefficient (Wildman–Crippen LogP) is 2.23. The van der Waals surface area contributed by atoms with Gasteiger partial charge in [-0.3, -0.25) is 0 Å². The summed E-state index contributed by atoms with van der Waals surface area (Å²) in [6.45, 7) is 4.02. The van der Waals surface area contributed by atoms with Crippen molar-refractivity contribution in [3.05, 3.63) is 23.3 Å². The first-order valence-electron chi connectivity index (χ1n) is 5.73. The van der Waals surface area contributed by atoms with Crippen molar-refractivity contribution in [3.63, 3.8) is 0 Å². The van der Waals surface area contributed by atoms with E-state index < -0.39 is 5.97 Å². The third-order valence-corrected chi connectivity index (χ3v) is 2.86. The molecule has 1 aliphatic rings. The first kappa shape index (κ1) is 11.0. The van der Waals surface area contributed by atoms with E-state index in [1.165, 1.54) is 19.3 Å². The molecule has 0 saturated heterocycles. The molecule has 0 aliphatic heterocycles. The highest BCUT2D eigenvalue weighted by Crippen LogP contribution is 2.35. The van der Waals surface area contributed by atoms with Gasteiger partial charge in [0.25, 0.3) is 0 Å². The lowest BCUT2D eigenvalue weighted by Gasteiger charge is -2.24. The summed E-state index contributed by atoms with van der Waals surface area (Å²) in [5.74, 6) is 0.283. The Kier molecular flexibility index (Phi) is 3.17. The van der Waals surface area contributed by atoms with Gasteiger partial charge >= 0.3 is 5.97 Å². The van der Waals surface area contributed by atoms with Crippen molar-refractivity contribution in [2.75, 3.05) is 6.61 Å². The summed E-state index contributed by atoms with van der Waals surface area (Å²) in [4.78, 5) is 19.9. The number of hydrogen-bond acceptors (Lipinski definition) is 4. The maximum Gasteiger partial charge on any atom is 0.376 e. The van der Waals surface area contributed by atoms with Crippen molar-refractivity contribution >= 4 is 5.97 Å². The van der Waals surface area contributed by atoms with Crippen molar-refractivity contribution in [3.8, 4) is 0 Å². The van der Waals surface area contributed by atoms with E-state index in [2.05, 4.69) is 9.97 Å². The fourth-order valence-electron chi connectivity index (χ4n) is 1.79. The number of rotatable bonds is 3. The van der Waals surface area contributed by atoms with E-state index in [0.29, 0.717) is 12.5 Å². The lowest BCUT2D eigenvalue weighted by molar-refractivity contribution is 0.0511. The number of aromatic nitrogens is 2. The van der Waals surface area contributed by atoms with E-state index in [1.54, 1.807) is 6.92 Å². The molecule has 0 radical (unpaired) electrons. The first-order chi connectivity index (χ1) is 7.70. The predicted molar refractivity (Wildman–Crippen MR) is 59.3 cm³/mol. The largest absolute Gasteiger partial charge is 0.460 e. The van der Waals surface area contributed by atoms with Crippen LogP contribution in [-0.2, 0) is 4.74 Å². The third kappa shape index (κ3) is 2.21. The van der Waals surface area contributed by atoms with Crippen LogP contribution in [0.4, 0.5) is 0 Å². The van der Waals surface area contributed by atoms with E-state index in [-0.39, 0.29) is 5.82 Å². The van der Waals surface area contributed by atoms with Crippen molar-refractivity contribution in [1.82, 2.24) is 9.97 Å². The minimum Gasteiger partial charge on any atom is -0.460 e. The highest BCUT2D eigenvalue weighted by molar-refractivity contribution is 5.85. The summed E-state index contributed by atoms with van der Waals surface area (Å²) >= 11 is 0. The molecule has 1 fully saturated rings. The van der Waals surface area contributed by atoms with Gasteiger partial charge in [-0.25, -0.2) is 14.8 Å². The van der Waals surface area contributed by atoms with Crippen LogP contribution < -0.4 is 0 Å². The molecule has 0 unspecified atom stereocenters. The van der Waals surface area contributed by atoms with Crippen molar-refractivity contribution in [2.24, 2.45) is 0 Å². The zero-order valence-electron chi connectivity index (χ0n) is 9.69. The normalized spacial score (nSPS) is 15.6. The van der Waals surface area contributed by atoms with Crippen LogP contribution in [0, 0.1) is 6.92 Å². The van der Waals surface area contributed by atoms with Crippen LogP contribution in [0.2, 0.25) is 0 Å². The summed E-state index contributed by atoms with van der Waals surface area (Å²) in [5.41, 5.74) is 1.82. The molecule has 86 valence electrons. The molecule has 0 bridgehead atoms. The minimum atomic E-state index is -0.424. The van der Waals surface area contributed by atoms with Gasteiger partial charge in [0.1, 0.15) is 0 Å². The molecular formula is C12H16N2O2. The zero-order valence-corrected chi connectivity index (χ0v) is 9.69. The molecule has 0 atom stereocenters. The smallest absolute Gasteiger partial charge is 0.376 e. The van der Waals surface area contributed by atoms with Gasteiger partial charge in [0, 0.05) is 17.3 Å². The average Bonchev–Trinajstić information content (AvgIpc) is 2.14. The second-order valence-electron chi connectivity index (χ2n) is 4.11. The summed E-state index contributed by atoms with van der Waals surface area (Å²) in [5, 5.41) is 0. The fourth-order valence-corrected chi connectivity index (χ4v) is 1.79. The Morgan fingerprint density at radius 2 is 2.25 bits per heavy atom. The average molecular weight is 220 g/mol. The number of ether oxygens (including phenoxy) is 1. The quantitative estimate of drug-likeness (QED) is 0.733. The van der Waals surface area contributed by atoms with Crippen LogP contribution in [0.1, 0.15) is 54.1 Å². The Morgan fingerprint density at radius 3 is 2.81 bits per heavy atom. The van der Waals surface area contributed by atoms with E-state index in [1.807, 2.05) is 13.0 Å². The minimum absolute atomic E-state index is 0.198. The number of esters is 1. The Bertz CT molecular complexity index is 400. The maximum atomic E-state index is 11.5. The molecule has 1 saturated carbocycles. The summed E-state index contributed by atoms with van der Waals surface area (Å²) in [6.07, 6.45) is 3.58. The lowest BCUT2D eigenvalue weighted by Crippen LogP contribution is -2.16. The second-order valence-corrected chi connectivity index (χ2v) is 4.11. The lowest BCUT2D eigenvalue weighted by atomic mass is 9.82. The van der Waals surface area contributed by atoms with E-state index in [4.69, 9.17) is 4.74 Å². The van der Waals surface area contributed by atoms with Crippen molar-refractivity contribution in [2.45, 2.75) is 39.0 Å². The van der Waals surface area contributed by atoms with Gasteiger partial charge in [-0.1, -0.05) is 6.42 Å². The van der Waals surface area contributed by atoms with Gasteiger partial charge in [-0.2, -0.15) is 0 Å². The zero-order chi connectivity index (χ0) is 11.5. The van der Waals surface area contributed by atoms with Gasteiger partial charge in [0.15, 0.2) is 0 Å². The Labute approximate surface area is 95.1 Å². The monoisotopic (exact) mass is 220 g/mol. The van der Waals surface area contributed by atoms with Crippen LogP contribution in [0.25, 0.3) is 0 Å². The number of carbonyl (C=O) groups excluding carboxylic acids is 1. The molecule has 4 heteroatoms. The van der Waals surface area contributed by atoms with Gasteiger partial charge < -0.3 is 4.74 Å². The molecule has 1 aliphatic carbocycles. The second kappa shape index (κ2) is 4.60. The first-order valence-corrected chi connectivity index (χ1v) is 5.73. The molecule has 0 amide bonds. The third-order valence-electron chi connectivity index (χ3n) is 2.86. The van der Waals surface area contributed by atoms with Gasteiger partial charge in [0.2, 0.25) is 5.82 Å². The molecular weight excluding hydrogens is 204 g/mol. The highest BCUT2D eigenvalue weighted by atomic mass is 16.5. The molecule has 1 heterocycles. The maximum absolute atomic E-state index is 11.5. The van der Waals surface area contributed by atoms with Crippen LogP contribution in [0.15, 0.2) is 6.07 Å². The summed E-state index contributed by atoms with van der Waals surface area (Å²) in [7, 11) is 0. The van der Waals surface area contributed by atoms with Crippen LogP contribution in [-0.4, -0.2) is 22.5 Å². The molecule has 1 aromatic rings. The van der Waals surface area contributed by atoms with Gasteiger partial charge in [-0.05, 0) is 32.8 Å². The van der Waals surface area contributed by atoms with Crippen LogP contribution >= 0.6 is 0 Å². The van der Waals surface area contributed by atoms with Gasteiger partial charge in [-0.15, -0.1) is 0 Å². The molecule has 4 nitrogen and oxygen atoms in total. The topological polar surface area (TPSA) is 52.1 Å². The molecule has 0 N–H and O–H groups in total. The standard InChI is InChI=1S/C12H16N2O2/c1-3-16-12(15)11-13-8(2)7-10(14-11)9-5-4-6-9/h7,9H,3-6H2,1-2H3. The van der Waals surface area contributed by atoms with E-state index in [0.717, 1.165) is 11.4 Å². The molecule has 0 aromatic carbocycles. The summed E-state index contributed by atoms with van der Waals surface area (Å²) < 4.78 is 4.91. The number of carbonyl (C=O) groups is 1. The molecule has 16 heavy (non-hydrogen) atoms. The number of aryl methyl sites for hydroxylation is 1. The SMILES string of the molecule is CCOC(=O)c1nc(C)cc(C2CCC2)n1. The highest BCUT2D eigenvalue weighted by Gasteiger charge is 2.23. The van der Waals surface area contributed by atoms with Gasteiger partial charge in [0.05, 0.1) is 6.61 Å². The van der Waals surface area contributed by atoms with Crippen molar-refractivity contribution in [1.29, 1.82) is 0 Å². The molecule has 1 aromatic heterocycles. The Hall–Kier alpha value is -1.45. The number of hydrogen-bond donors (Lipinski definition) is 0. The van der Waals surface area contributed by atoms with Crippen LogP contribution in [0.5, 0.6) is 0 Å². The fraction of sp³-hybridized carbons (Fsp3) is 0.583. The Morgan fingerprint density at radius 1 is 1.50 bits per heavy atom.